The average Bonchev–Trinajstić information content (AvgIpc) is 3.24. The molecule has 1 saturated heterocycles. The van der Waals surface area contributed by atoms with E-state index >= 15 is 0 Å². The molecule has 37 heavy (non-hydrogen) atoms. The number of hydrogen-bond donors (Lipinski definition) is 2. The van der Waals surface area contributed by atoms with Crippen molar-refractivity contribution in [1.82, 2.24) is 25.1 Å². The lowest BCUT2D eigenvalue weighted by atomic mass is 9.89. The van der Waals surface area contributed by atoms with Crippen LogP contribution in [0.15, 0.2) is 12.3 Å². The van der Waals surface area contributed by atoms with E-state index in [4.69, 9.17) is 4.98 Å². The highest BCUT2D eigenvalue weighted by Gasteiger charge is 2.19. The summed E-state index contributed by atoms with van der Waals surface area (Å²) in [5.41, 5.74) is 0. The van der Waals surface area contributed by atoms with E-state index in [-0.39, 0.29) is 0 Å². The number of nitrogens with zero attached hydrogens (tertiary/aromatic N) is 5. The summed E-state index contributed by atoms with van der Waals surface area (Å²) < 4.78 is 0. The summed E-state index contributed by atoms with van der Waals surface area (Å²) >= 11 is 0. The van der Waals surface area contributed by atoms with Crippen molar-refractivity contribution in [3.05, 3.63) is 12.3 Å². The minimum atomic E-state index is 0.774. The zero-order valence-electron chi connectivity index (χ0n) is 23.8. The highest BCUT2D eigenvalue weighted by atomic mass is 15.2. The van der Waals surface area contributed by atoms with Gasteiger partial charge < -0.3 is 20.4 Å². The maximum absolute atomic E-state index is 4.86. The van der Waals surface area contributed by atoms with Crippen LogP contribution < -0.4 is 15.5 Å². The largest absolute Gasteiger partial charge is 0.356 e. The molecule has 0 amide bonds. The fourth-order valence-corrected chi connectivity index (χ4v) is 6.51. The van der Waals surface area contributed by atoms with E-state index in [0.29, 0.717) is 0 Å². The fraction of sp³-hybridized carbons (Fsp3) is 0.867. The van der Waals surface area contributed by atoms with Crippen LogP contribution in [0.5, 0.6) is 0 Å². The van der Waals surface area contributed by atoms with E-state index in [0.717, 1.165) is 76.1 Å². The number of nitrogens with one attached hydrogen (secondary N) is 2. The molecular weight excluding hydrogens is 458 g/mol. The Kier molecular flexibility index (Phi) is 12.7. The summed E-state index contributed by atoms with van der Waals surface area (Å²) in [6.45, 7) is 9.85. The molecule has 0 bridgehead atoms. The normalized spacial score (nSPS) is 20.5. The fourth-order valence-electron chi connectivity index (χ4n) is 6.51. The summed E-state index contributed by atoms with van der Waals surface area (Å²) in [4.78, 5) is 17.1. The summed E-state index contributed by atoms with van der Waals surface area (Å²) in [5.74, 6) is 2.75. The van der Waals surface area contributed by atoms with Crippen LogP contribution in [-0.2, 0) is 0 Å². The first kappa shape index (κ1) is 28.6. The Bertz CT molecular complexity index is 724. The molecule has 2 aliphatic carbocycles. The molecule has 3 aliphatic rings. The van der Waals surface area contributed by atoms with E-state index in [2.05, 4.69) is 43.4 Å². The Morgan fingerprint density at radius 1 is 0.811 bits per heavy atom. The molecule has 1 aromatic heterocycles. The van der Waals surface area contributed by atoms with Gasteiger partial charge in [-0.2, -0.15) is 4.98 Å². The second kappa shape index (κ2) is 16.5. The van der Waals surface area contributed by atoms with Crippen LogP contribution in [-0.4, -0.2) is 91.8 Å². The molecule has 210 valence electrons. The van der Waals surface area contributed by atoms with E-state index in [9.17, 15) is 0 Å². The SMILES string of the molecule is CN(CCN(CCNCC1CCCCC1)CCNc1nccc(N2CCCCCC2)n1)C1CCCCC1. The topological polar surface area (TPSA) is 59.6 Å². The third-order valence-electron chi connectivity index (χ3n) is 9.01. The number of aromatic nitrogens is 2. The van der Waals surface area contributed by atoms with Gasteiger partial charge in [0.15, 0.2) is 0 Å². The van der Waals surface area contributed by atoms with Gasteiger partial charge >= 0.3 is 0 Å². The second-order valence-corrected chi connectivity index (χ2v) is 11.9. The molecule has 2 saturated carbocycles. The minimum Gasteiger partial charge on any atom is -0.356 e. The van der Waals surface area contributed by atoms with Gasteiger partial charge in [-0.15, -0.1) is 0 Å². The molecule has 3 fully saturated rings. The molecule has 7 heteroatoms. The number of anilines is 2. The number of hydrogen-bond acceptors (Lipinski definition) is 7. The standard InChI is InChI=1S/C30H55N7/c1-35(28-14-8-5-9-15-28)24-25-36(22-18-31-26-27-12-6-4-7-13-27)23-19-33-30-32-17-16-29(34-30)37-20-10-2-3-11-21-37/h16-17,27-28,31H,2-15,18-26H2,1H3,(H,32,33,34). The van der Waals surface area contributed by atoms with Gasteiger partial charge in [0.05, 0.1) is 0 Å². The molecule has 0 atom stereocenters. The molecular formula is C30H55N7. The number of likely N-dealkylation sites (N-methyl/N-ethyl adjacent to an activating group) is 1. The van der Waals surface area contributed by atoms with Crippen LogP contribution >= 0.6 is 0 Å². The van der Waals surface area contributed by atoms with Crippen LogP contribution in [0, 0.1) is 5.92 Å². The third kappa shape index (κ3) is 10.3. The highest BCUT2D eigenvalue weighted by Crippen LogP contribution is 2.23. The molecule has 1 aliphatic heterocycles. The molecule has 0 spiro atoms. The van der Waals surface area contributed by atoms with Crippen molar-refractivity contribution in [3.63, 3.8) is 0 Å². The Balaban J connectivity index is 1.23. The number of rotatable bonds is 14. The van der Waals surface area contributed by atoms with Crippen LogP contribution in [0.1, 0.15) is 89.9 Å². The van der Waals surface area contributed by atoms with Crippen molar-refractivity contribution in [2.75, 3.05) is 76.2 Å². The molecule has 2 N–H and O–H groups in total. The van der Waals surface area contributed by atoms with Gasteiger partial charge in [0, 0.05) is 64.6 Å². The van der Waals surface area contributed by atoms with Gasteiger partial charge in [-0.3, -0.25) is 4.90 Å². The maximum Gasteiger partial charge on any atom is 0.224 e. The Morgan fingerprint density at radius 3 is 2.24 bits per heavy atom. The van der Waals surface area contributed by atoms with Gasteiger partial charge in [0.2, 0.25) is 5.95 Å². The van der Waals surface area contributed by atoms with Crippen molar-refractivity contribution in [2.45, 2.75) is 95.9 Å². The average molecular weight is 514 g/mol. The van der Waals surface area contributed by atoms with E-state index in [1.54, 1.807) is 0 Å². The van der Waals surface area contributed by atoms with E-state index in [1.807, 2.05) is 6.20 Å². The minimum absolute atomic E-state index is 0.774. The summed E-state index contributed by atoms with van der Waals surface area (Å²) in [6.07, 6.45) is 21.3. The molecule has 0 radical (unpaired) electrons. The molecule has 2 heterocycles. The highest BCUT2D eigenvalue weighted by molar-refractivity contribution is 5.42. The van der Waals surface area contributed by atoms with Crippen molar-refractivity contribution in [2.24, 2.45) is 5.92 Å². The summed E-state index contributed by atoms with van der Waals surface area (Å²) in [5, 5.41) is 7.33. The van der Waals surface area contributed by atoms with E-state index < -0.39 is 0 Å². The Morgan fingerprint density at radius 2 is 1.49 bits per heavy atom. The van der Waals surface area contributed by atoms with Gasteiger partial charge in [-0.25, -0.2) is 4.98 Å². The zero-order valence-corrected chi connectivity index (χ0v) is 23.8. The molecule has 0 unspecified atom stereocenters. The van der Waals surface area contributed by atoms with Crippen molar-refractivity contribution < 1.29 is 0 Å². The van der Waals surface area contributed by atoms with Crippen LogP contribution in [0.4, 0.5) is 11.8 Å². The zero-order chi connectivity index (χ0) is 25.5. The quantitative estimate of drug-likeness (QED) is 0.339. The molecule has 1 aromatic rings. The third-order valence-corrected chi connectivity index (χ3v) is 9.01. The Labute approximate surface area is 227 Å². The van der Waals surface area contributed by atoms with Crippen LogP contribution in [0.2, 0.25) is 0 Å². The van der Waals surface area contributed by atoms with Crippen LogP contribution in [0.25, 0.3) is 0 Å². The monoisotopic (exact) mass is 513 g/mol. The van der Waals surface area contributed by atoms with Gasteiger partial charge in [-0.1, -0.05) is 51.4 Å². The molecule has 4 rings (SSSR count). The lowest BCUT2D eigenvalue weighted by Crippen LogP contribution is -2.43. The first-order valence-electron chi connectivity index (χ1n) is 15.7. The van der Waals surface area contributed by atoms with Crippen molar-refractivity contribution in [1.29, 1.82) is 0 Å². The van der Waals surface area contributed by atoms with Gasteiger partial charge in [0.1, 0.15) is 5.82 Å². The van der Waals surface area contributed by atoms with Gasteiger partial charge in [0.25, 0.3) is 0 Å². The van der Waals surface area contributed by atoms with Gasteiger partial charge in [-0.05, 0) is 64.1 Å². The van der Waals surface area contributed by atoms with Crippen LogP contribution in [0.3, 0.4) is 0 Å². The lowest BCUT2D eigenvalue weighted by molar-refractivity contribution is 0.161. The summed E-state index contributed by atoms with van der Waals surface area (Å²) in [6, 6.07) is 2.86. The summed E-state index contributed by atoms with van der Waals surface area (Å²) in [7, 11) is 2.34. The second-order valence-electron chi connectivity index (χ2n) is 11.9. The maximum atomic E-state index is 4.86. The smallest absolute Gasteiger partial charge is 0.224 e. The van der Waals surface area contributed by atoms with Crippen molar-refractivity contribution in [3.8, 4) is 0 Å². The molecule has 7 nitrogen and oxygen atoms in total. The first-order valence-corrected chi connectivity index (χ1v) is 15.7. The Hall–Kier alpha value is -1.44. The van der Waals surface area contributed by atoms with Crippen molar-refractivity contribution >= 4 is 11.8 Å². The lowest BCUT2D eigenvalue weighted by Gasteiger charge is -2.33. The predicted molar refractivity (Wildman–Crippen MR) is 157 cm³/mol. The first-order chi connectivity index (χ1) is 18.3. The predicted octanol–water partition coefficient (Wildman–Crippen LogP) is 5.01. The molecule has 0 aromatic carbocycles. The van der Waals surface area contributed by atoms with E-state index in [1.165, 1.54) is 96.4 Å².